The van der Waals surface area contributed by atoms with Gasteiger partial charge in [-0.15, -0.1) is 0 Å². The summed E-state index contributed by atoms with van der Waals surface area (Å²) in [6.07, 6.45) is 1.74. The summed E-state index contributed by atoms with van der Waals surface area (Å²) >= 11 is 0. The van der Waals surface area contributed by atoms with Gasteiger partial charge in [-0.2, -0.15) is 0 Å². The zero-order chi connectivity index (χ0) is 11.1. The van der Waals surface area contributed by atoms with Crippen LogP contribution in [0.15, 0.2) is 33.8 Å². The lowest BCUT2D eigenvalue weighted by molar-refractivity contribution is -0.857. The van der Waals surface area contributed by atoms with E-state index >= 15 is 0 Å². The third-order valence-electron chi connectivity index (χ3n) is 2.07. The van der Waals surface area contributed by atoms with Crippen LogP contribution in [0, 0.1) is 0 Å². The van der Waals surface area contributed by atoms with Gasteiger partial charge in [-0.25, -0.2) is 12.9 Å². The van der Waals surface area contributed by atoms with Gasteiger partial charge in [0, 0.05) is 10.7 Å². The molecule has 1 aromatic heterocycles. The molecule has 0 N–H and O–H groups in total. The maximum Gasteiger partial charge on any atom is 0.261 e. The highest BCUT2D eigenvalue weighted by Gasteiger charge is 2.14. The van der Waals surface area contributed by atoms with Crippen molar-refractivity contribution in [1.29, 1.82) is 0 Å². The predicted octanol–water partition coefficient (Wildman–Crippen LogP) is 1.67. The van der Waals surface area contributed by atoms with Gasteiger partial charge in [-0.3, -0.25) is 0 Å². The van der Waals surface area contributed by atoms with E-state index in [9.17, 15) is 8.42 Å². The van der Waals surface area contributed by atoms with Crippen molar-refractivity contribution in [2.45, 2.75) is 18.4 Å². The SMILES string of the molecule is CC[n+]1cc2cc(S(=O)(=O)Cl)ccc2o1. The fourth-order valence-electron chi connectivity index (χ4n) is 1.33. The molecule has 4 nitrogen and oxygen atoms in total. The van der Waals surface area contributed by atoms with Crippen LogP contribution in [0.1, 0.15) is 6.92 Å². The number of rotatable bonds is 2. The average molecular weight is 247 g/mol. The number of benzene rings is 1. The fourth-order valence-corrected chi connectivity index (χ4v) is 2.11. The monoisotopic (exact) mass is 246 g/mol. The van der Waals surface area contributed by atoms with Gasteiger partial charge in [0.15, 0.2) is 6.54 Å². The van der Waals surface area contributed by atoms with E-state index in [0.717, 1.165) is 5.39 Å². The first-order chi connectivity index (χ1) is 7.00. The van der Waals surface area contributed by atoms with Crippen LogP contribution in [-0.2, 0) is 15.6 Å². The lowest BCUT2D eigenvalue weighted by atomic mass is 10.3. The van der Waals surface area contributed by atoms with Gasteiger partial charge >= 0.3 is 0 Å². The van der Waals surface area contributed by atoms with Crippen molar-refractivity contribution >= 4 is 30.7 Å². The van der Waals surface area contributed by atoms with Crippen LogP contribution >= 0.6 is 10.7 Å². The molecule has 1 heterocycles. The van der Waals surface area contributed by atoms with E-state index in [1.807, 2.05) is 6.92 Å². The average Bonchev–Trinajstić information content (AvgIpc) is 2.57. The standard InChI is InChI=1S/C9H9ClNO3S/c1-2-11-6-7-5-8(15(10,12)13)3-4-9(7)14-11/h3-6H,2H2,1H3/q+1. The molecular formula is C9H9ClNO3S+. The smallest absolute Gasteiger partial charge is 0.236 e. The molecule has 0 aliphatic carbocycles. The van der Waals surface area contributed by atoms with E-state index in [1.54, 1.807) is 17.0 Å². The van der Waals surface area contributed by atoms with E-state index in [0.29, 0.717) is 12.1 Å². The highest BCUT2D eigenvalue weighted by Crippen LogP contribution is 2.20. The van der Waals surface area contributed by atoms with E-state index in [1.165, 1.54) is 12.1 Å². The van der Waals surface area contributed by atoms with Crippen molar-refractivity contribution < 1.29 is 17.7 Å². The molecule has 6 heteroatoms. The van der Waals surface area contributed by atoms with Crippen molar-refractivity contribution in [1.82, 2.24) is 0 Å². The molecule has 0 aliphatic heterocycles. The van der Waals surface area contributed by atoms with Crippen LogP contribution in [0.3, 0.4) is 0 Å². The summed E-state index contributed by atoms with van der Waals surface area (Å²) in [6.45, 7) is 2.62. The highest BCUT2D eigenvalue weighted by atomic mass is 35.7. The molecule has 0 aliphatic rings. The van der Waals surface area contributed by atoms with Gasteiger partial charge in [-0.1, -0.05) is 0 Å². The lowest BCUT2D eigenvalue weighted by Crippen LogP contribution is -2.27. The molecule has 0 radical (unpaired) electrons. The number of fused-ring (bicyclic) bond motifs is 1. The maximum absolute atomic E-state index is 11.1. The van der Waals surface area contributed by atoms with Gasteiger partial charge in [0.25, 0.3) is 9.05 Å². The van der Waals surface area contributed by atoms with Crippen LogP contribution < -0.4 is 4.74 Å². The zero-order valence-corrected chi connectivity index (χ0v) is 9.55. The Labute approximate surface area is 91.5 Å². The van der Waals surface area contributed by atoms with Gasteiger partial charge in [0.2, 0.25) is 11.8 Å². The third kappa shape index (κ3) is 1.98. The van der Waals surface area contributed by atoms with Gasteiger partial charge < -0.3 is 0 Å². The topological polar surface area (TPSA) is 51.2 Å². The van der Waals surface area contributed by atoms with Gasteiger partial charge in [0.1, 0.15) is 0 Å². The van der Waals surface area contributed by atoms with Gasteiger partial charge in [-0.05, 0) is 29.9 Å². The number of hydrogen-bond acceptors (Lipinski definition) is 3. The second kappa shape index (κ2) is 3.50. The molecule has 0 amide bonds. The van der Waals surface area contributed by atoms with Crippen LogP contribution in [-0.4, -0.2) is 8.42 Å². The maximum atomic E-state index is 11.1. The Morgan fingerprint density at radius 2 is 2.20 bits per heavy atom. The Bertz CT molecular complexity index is 603. The van der Waals surface area contributed by atoms with E-state index in [4.69, 9.17) is 15.2 Å². The summed E-state index contributed by atoms with van der Waals surface area (Å²) in [4.78, 5) is 0.0840. The van der Waals surface area contributed by atoms with Crippen molar-refractivity contribution in [2.24, 2.45) is 0 Å². The molecule has 0 bridgehead atoms. The Kier molecular flexibility index (Phi) is 2.44. The van der Waals surface area contributed by atoms with E-state index < -0.39 is 9.05 Å². The van der Waals surface area contributed by atoms with Crippen LogP contribution in [0.4, 0.5) is 0 Å². The van der Waals surface area contributed by atoms with Crippen molar-refractivity contribution in [2.75, 3.05) is 0 Å². The van der Waals surface area contributed by atoms with E-state index in [2.05, 4.69) is 0 Å². The third-order valence-corrected chi connectivity index (χ3v) is 3.42. The Morgan fingerprint density at radius 1 is 1.47 bits per heavy atom. The summed E-state index contributed by atoms with van der Waals surface area (Å²) in [5, 5.41) is 0.721. The predicted molar refractivity (Wildman–Crippen MR) is 55.1 cm³/mol. The second-order valence-corrected chi connectivity index (χ2v) is 5.66. The highest BCUT2D eigenvalue weighted by molar-refractivity contribution is 8.13. The lowest BCUT2D eigenvalue weighted by Gasteiger charge is -1.92. The number of aromatic nitrogens is 1. The molecule has 1 aromatic carbocycles. The zero-order valence-electron chi connectivity index (χ0n) is 7.97. The normalized spacial score (nSPS) is 12.1. The molecule has 80 valence electrons. The number of nitrogens with zero attached hydrogens (tertiary/aromatic N) is 1. The minimum atomic E-state index is -3.67. The summed E-state index contributed by atoms with van der Waals surface area (Å²) in [5.74, 6) is 0. The molecular weight excluding hydrogens is 238 g/mol. The molecule has 2 rings (SSSR count). The molecule has 0 saturated heterocycles. The van der Waals surface area contributed by atoms with Crippen LogP contribution in [0.5, 0.6) is 0 Å². The Balaban J connectivity index is 2.66. The van der Waals surface area contributed by atoms with Crippen molar-refractivity contribution in [3.05, 3.63) is 24.4 Å². The first-order valence-corrected chi connectivity index (χ1v) is 6.70. The van der Waals surface area contributed by atoms with Crippen molar-refractivity contribution in [3.8, 4) is 0 Å². The van der Waals surface area contributed by atoms with Crippen LogP contribution in [0.2, 0.25) is 0 Å². The Morgan fingerprint density at radius 3 is 2.80 bits per heavy atom. The Hall–Kier alpha value is -1.07. The summed E-state index contributed by atoms with van der Waals surface area (Å²) in [5.41, 5.74) is 0.640. The van der Waals surface area contributed by atoms with Gasteiger partial charge in [0.05, 0.1) is 10.3 Å². The first kappa shape index (κ1) is 10.4. The molecule has 0 fully saturated rings. The molecule has 0 saturated carbocycles. The number of halogens is 1. The molecule has 15 heavy (non-hydrogen) atoms. The number of aryl methyl sites for hydroxylation is 1. The molecule has 0 unspecified atom stereocenters. The summed E-state index contributed by atoms with van der Waals surface area (Å²) < 4.78 is 29.1. The fraction of sp³-hybridized carbons (Fsp3) is 0.222. The minimum Gasteiger partial charge on any atom is -0.236 e. The van der Waals surface area contributed by atoms with Crippen LogP contribution in [0.25, 0.3) is 11.0 Å². The van der Waals surface area contributed by atoms with Crippen molar-refractivity contribution in [3.63, 3.8) is 0 Å². The first-order valence-electron chi connectivity index (χ1n) is 4.39. The number of hydrogen-bond donors (Lipinski definition) is 0. The van der Waals surface area contributed by atoms with E-state index in [-0.39, 0.29) is 4.90 Å². The minimum absolute atomic E-state index is 0.0840. The largest absolute Gasteiger partial charge is 0.261 e. The summed E-state index contributed by atoms with van der Waals surface area (Å²) in [7, 11) is 1.56. The quantitative estimate of drug-likeness (QED) is 0.598. The molecule has 0 spiro atoms. The second-order valence-electron chi connectivity index (χ2n) is 3.09. The summed E-state index contributed by atoms with van der Waals surface area (Å²) in [6, 6.07) is 4.51. The molecule has 2 aromatic rings. The molecule has 0 atom stereocenters.